The van der Waals surface area contributed by atoms with Gasteiger partial charge in [-0.25, -0.2) is 13.1 Å². The zero-order chi connectivity index (χ0) is 22.6. The Kier molecular flexibility index (Phi) is 6.62. The van der Waals surface area contributed by atoms with E-state index in [0.29, 0.717) is 22.6 Å². The Morgan fingerprint density at radius 2 is 1.90 bits per heavy atom. The minimum Gasteiger partial charge on any atom is -0.497 e. The lowest BCUT2D eigenvalue weighted by atomic mass is 10.1. The predicted octanol–water partition coefficient (Wildman–Crippen LogP) is 3.10. The van der Waals surface area contributed by atoms with E-state index in [4.69, 9.17) is 14.0 Å². The molecule has 0 fully saturated rings. The maximum absolute atomic E-state index is 13.1. The number of anilines is 1. The summed E-state index contributed by atoms with van der Waals surface area (Å²) in [6, 6.07) is 11.8. The molecule has 2 aromatic carbocycles. The zero-order valence-corrected chi connectivity index (χ0v) is 18.4. The third-order valence-electron chi connectivity index (χ3n) is 4.49. The van der Waals surface area contributed by atoms with Crippen LogP contribution in [0.5, 0.6) is 11.5 Å². The van der Waals surface area contributed by atoms with Crippen LogP contribution in [0.25, 0.3) is 11.1 Å². The Hall–Kier alpha value is -3.37. The first-order valence-electron chi connectivity index (χ1n) is 9.30. The molecule has 0 radical (unpaired) electrons. The lowest BCUT2D eigenvalue weighted by Crippen LogP contribution is -2.23. The maximum atomic E-state index is 13.1. The Morgan fingerprint density at radius 3 is 2.58 bits per heavy atom. The van der Waals surface area contributed by atoms with Crippen molar-refractivity contribution in [2.24, 2.45) is 0 Å². The van der Waals surface area contributed by atoms with Crippen LogP contribution in [-0.4, -0.2) is 33.7 Å². The Morgan fingerprint density at radius 1 is 1.13 bits per heavy atom. The molecule has 164 valence electrons. The standard InChI is InChI=1S/C21H23N3O6S/c1-13-20(21(30-24-13)23-14(2)25)16-8-9-18(29-4)19(11-16)31(26,27)22-12-15-6-5-7-17(10-15)28-3/h5-11,22H,12H2,1-4H3,(H,23,25). The van der Waals surface area contributed by atoms with Crippen molar-refractivity contribution in [3.63, 3.8) is 0 Å². The Balaban J connectivity index is 1.97. The molecule has 0 saturated heterocycles. The van der Waals surface area contributed by atoms with Crippen molar-refractivity contribution in [2.45, 2.75) is 25.3 Å². The molecular formula is C21H23N3O6S. The average Bonchev–Trinajstić information content (AvgIpc) is 3.11. The molecule has 31 heavy (non-hydrogen) atoms. The maximum Gasteiger partial charge on any atom is 0.244 e. The van der Waals surface area contributed by atoms with E-state index in [1.54, 1.807) is 50.4 Å². The second kappa shape index (κ2) is 9.19. The van der Waals surface area contributed by atoms with Crippen molar-refractivity contribution < 1.29 is 27.2 Å². The first kappa shape index (κ1) is 22.3. The number of aryl methyl sites for hydroxylation is 1. The number of aromatic nitrogens is 1. The third kappa shape index (κ3) is 5.04. The van der Waals surface area contributed by atoms with Crippen molar-refractivity contribution in [2.75, 3.05) is 19.5 Å². The number of sulfonamides is 1. The SMILES string of the molecule is COc1cccc(CNS(=O)(=O)c2cc(-c3c(C)noc3NC(C)=O)ccc2OC)c1. The van der Waals surface area contributed by atoms with Crippen LogP contribution in [0.3, 0.4) is 0 Å². The molecule has 0 bridgehead atoms. The summed E-state index contributed by atoms with van der Waals surface area (Å²) in [5.41, 5.74) is 2.23. The Bertz CT molecular complexity index is 1200. The number of hydrogen-bond donors (Lipinski definition) is 2. The number of ether oxygens (including phenoxy) is 2. The lowest BCUT2D eigenvalue weighted by Gasteiger charge is -2.13. The van der Waals surface area contributed by atoms with Crippen LogP contribution in [-0.2, 0) is 21.4 Å². The number of hydrogen-bond acceptors (Lipinski definition) is 7. The van der Waals surface area contributed by atoms with Gasteiger partial charge >= 0.3 is 0 Å². The summed E-state index contributed by atoms with van der Waals surface area (Å²) in [5.74, 6) is 0.614. The monoisotopic (exact) mass is 445 g/mol. The average molecular weight is 445 g/mol. The highest BCUT2D eigenvalue weighted by Crippen LogP contribution is 2.35. The molecule has 0 aliphatic rings. The molecule has 1 heterocycles. The highest BCUT2D eigenvalue weighted by molar-refractivity contribution is 7.89. The zero-order valence-electron chi connectivity index (χ0n) is 17.6. The van der Waals surface area contributed by atoms with Gasteiger partial charge in [0.25, 0.3) is 0 Å². The number of carbonyl (C=O) groups is 1. The second-order valence-corrected chi connectivity index (χ2v) is 8.43. The normalized spacial score (nSPS) is 11.2. The first-order valence-corrected chi connectivity index (χ1v) is 10.8. The molecule has 1 amide bonds. The van der Waals surface area contributed by atoms with Gasteiger partial charge in [-0.2, -0.15) is 0 Å². The quantitative estimate of drug-likeness (QED) is 0.547. The van der Waals surface area contributed by atoms with Gasteiger partial charge in [-0.05, 0) is 42.3 Å². The minimum absolute atomic E-state index is 0.0511. The number of nitrogens with one attached hydrogen (secondary N) is 2. The van der Waals surface area contributed by atoms with Crippen LogP contribution in [0.1, 0.15) is 18.2 Å². The van der Waals surface area contributed by atoms with E-state index in [1.165, 1.54) is 20.1 Å². The van der Waals surface area contributed by atoms with E-state index in [-0.39, 0.29) is 29.0 Å². The van der Waals surface area contributed by atoms with Crippen LogP contribution in [0.4, 0.5) is 5.88 Å². The molecule has 2 N–H and O–H groups in total. The smallest absolute Gasteiger partial charge is 0.244 e. The summed E-state index contributed by atoms with van der Waals surface area (Å²) >= 11 is 0. The summed E-state index contributed by atoms with van der Waals surface area (Å²) in [5, 5.41) is 6.44. The van der Waals surface area contributed by atoms with Crippen molar-refractivity contribution in [3.05, 3.63) is 53.7 Å². The molecule has 3 rings (SSSR count). The van der Waals surface area contributed by atoms with Crippen LogP contribution in [0.2, 0.25) is 0 Å². The van der Waals surface area contributed by atoms with Gasteiger partial charge in [-0.3, -0.25) is 10.1 Å². The van der Waals surface area contributed by atoms with E-state index in [9.17, 15) is 13.2 Å². The fourth-order valence-corrected chi connectivity index (χ4v) is 4.25. The van der Waals surface area contributed by atoms with Crippen molar-refractivity contribution in [1.29, 1.82) is 0 Å². The van der Waals surface area contributed by atoms with E-state index in [2.05, 4.69) is 15.2 Å². The predicted molar refractivity (Wildman–Crippen MR) is 115 cm³/mol. The van der Waals surface area contributed by atoms with Crippen molar-refractivity contribution in [3.8, 4) is 22.6 Å². The number of carbonyl (C=O) groups excluding carboxylic acids is 1. The summed E-state index contributed by atoms with van der Waals surface area (Å²) in [4.78, 5) is 11.4. The number of rotatable bonds is 8. The molecule has 0 atom stereocenters. The van der Waals surface area contributed by atoms with E-state index in [0.717, 1.165) is 5.56 Å². The van der Waals surface area contributed by atoms with Gasteiger partial charge < -0.3 is 14.0 Å². The summed E-state index contributed by atoms with van der Waals surface area (Å²) < 4.78 is 44.4. The largest absolute Gasteiger partial charge is 0.497 e. The molecule has 0 aliphatic carbocycles. The fourth-order valence-electron chi connectivity index (χ4n) is 3.04. The molecule has 3 aromatic rings. The number of methoxy groups -OCH3 is 2. The van der Waals surface area contributed by atoms with E-state index < -0.39 is 10.0 Å². The van der Waals surface area contributed by atoms with Crippen molar-refractivity contribution in [1.82, 2.24) is 9.88 Å². The van der Waals surface area contributed by atoms with Crippen LogP contribution >= 0.6 is 0 Å². The third-order valence-corrected chi connectivity index (χ3v) is 5.92. The first-order chi connectivity index (χ1) is 14.7. The molecule has 0 aliphatic heterocycles. The molecule has 0 unspecified atom stereocenters. The highest BCUT2D eigenvalue weighted by Gasteiger charge is 2.23. The number of nitrogens with zero attached hydrogens (tertiary/aromatic N) is 1. The fraction of sp³-hybridized carbons (Fsp3) is 0.238. The highest BCUT2D eigenvalue weighted by atomic mass is 32.2. The van der Waals surface area contributed by atoms with E-state index in [1.807, 2.05) is 0 Å². The number of benzene rings is 2. The molecule has 9 nitrogen and oxygen atoms in total. The lowest BCUT2D eigenvalue weighted by molar-refractivity contribution is -0.114. The molecular weight excluding hydrogens is 422 g/mol. The molecule has 0 spiro atoms. The minimum atomic E-state index is -3.94. The van der Waals surface area contributed by atoms with Gasteiger partial charge in [0.2, 0.25) is 21.8 Å². The van der Waals surface area contributed by atoms with Gasteiger partial charge in [-0.15, -0.1) is 0 Å². The van der Waals surface area contributed by atoms with Crippen molar-refractivity contribution >= 4 is 21.8 Å². The van der Waals surface area contributed by atoms with Gasteiger partial charge in [0.15, 0.2) is 0 Å². The summed E-state index contributed by atoms with van der Waals surface area (Å²) in [6.07, 6.45) is 0. The molecule has 0 saturated carbocycles. The van der Waals surface area contributed by atoms with Gasteiger partial charge in [-0.1, -0.05) is 23.4 Å². The van der Waals surface area contributed by atoms with Gasteiger partial charge in [0.1, 0.15) is 16.4 Å². The molecule has 1 aromatic heterocycles. The van der Waals surface area contributed by atoms with Crippen LogP contribution in [0, 0.1) is 6.92 Å². The van der Waals surface area contributed by atoms with Crippen LogP contribution < -0.4 is 19.5 Å². The number of amides is 1. The summed E-state index contributed by atoms with van der Waals surface area (Å²) in [7, 11) is -1.00. The summed E-state index contributed by atoms with van der Waals surface area (Å²) in [6.45, 7) is 3.11. The Labute approximate surface area is 180 Å². The van der Waals surface area contributed by atoms with Gasteiger partial charge in [0, 0.05) is 13.5 Å². The topological polar surface area (TPSA) is 120 Å². The van der Waals surface area contributed by atoms with E-state index >= 15 is 0 Å². The van der Waals surface area contributed by atoms with Gasteiger partial charge in [0.05, 0.1) is 25.5 Å². The van der Waals surface area contributed by atoms with Crippen LogP contribution in [0.15, 0.2) is 51.9 Å². The molecule has 10 heteroatoms. The second-order valence-electron chi connectivity index (χ2n) is 6.70.